The van der Waals surface area contributed by atoms with E-state index in [1.807, 2.05) is 0 Å². The van der Waals surface area contributed by atoms with Crippen LogP contribution in [0.2, 0.25) is 0 Å². The number of benzene rings is 2. The lowest BCUT2D eigenvalue weighted by Crippen LogP contribution is -2.00. The van der Waals surface area contributed by atoms with Gasteiger partial charge in [0.25, 0.3) is 0 Å². The van der Waals surface area contributed by atoms with Crippen molar-refractivity contribution in [3.8, 4) is 0 Å². The average molecular weight is 254 g/mol. The molecule has 2 rings (SSSR count). The Hall–Kier alpha value is -1.63. The molecule has 1 heteroatoms. The van der Waals surface area contributed by atoms with Crippen molar-refractivity contribution in [3.63, 3.8) is 0 Å². The molecule has 2 aromatic rings. The highest BCUT2D eigenvalue weighted by molar-refractivity contribution is 6.00. The van der Waals surface area contributed by atoms with E-state index in [-0.39, 0.29) is 5.78 Å². The maximum atomic E-state index is 11.8. The summed E-state index contributed by atoms with van der Waals surface area (Å²) in [6, 6.07) is 10.9. The number of aryl methyl sites for hydroxylation is 2. The molecule has 0 aromatic heterocycles. The first-order valence-corrected chi connectivity index (χ1v) is 7.22. The Labute approximate surface area is 115 Å². The molecule has 0 amide bonds. The number of hydrogen-bond acceptors (Lipinski definition) is 1. The van der Waals surface area contributed by atoms with Crippen molar-refractivity contribution in [2.75, 3.05) is 0 Å². The molecule has 0 fully saturated rings. The average Bonchev–Trinajstić information content (AvgIpc) is 2.38. The van der Waals surface area contributed by atoms with Crippen LogP contribution in [-0.4, -0.2) is 5.78 Å². The van der Waals surface area contributed by atoms with Crippen LogP contribution in [0.15, 0.2) is 30.3 Å². The minimum Gasteiger partial charge on any atom is -0.295 e. The van der Waals surface area contributed by atoms with Crippen LogP contribution in [0.1, 0.15) is 55.1 Å². The first-order chi connectivity index (χ1) is 9.15. The largest absolute Gasteiger partial charge is 0.295 e. The third kappa shape index (κ3) is 3.04. The molecule has 0 unspecified atom stereocenters. The van der Waals surface area contributed by atoms with Crippen molar-refractivity contribution in [1.82, 2.24) is 0 Å². The molecule has 0 aliphatic heterocycles. The third-order valence-corrected chi connectivity index (χ3v) is 3.56. The summed E-state index contributed by atoms with van der Waals surface area (Å²) in [5.41, 5.74) is 3.43. The molecular formula is C18H22O. The Morgan fingerprint density at radius 2 is 1.68 bits per heavy atom. The van der Waals surface area contributed by atoms with Gasteiger partial charge in [-0.25, -0.2) is 0 Å². The molecule has 2 aromatic carbocycles. The number of hydrogen-bond donors (Lipinski definition) is 0. The van der Waals surface area contributed by atoms with E-state index in [9.17, 15) is 4.79 Å². The molecule has 0 saturated heterocycles. The Morgan fingerprint density at radius 3 is 2.32 bits per heavy atom. The second-order valence-electron chi connectivity index (χ2n) is 5.25. The van der Waals surface area contributed by atoms with E-state index >= 15 is 0 Å². The van der Waals surface area contributed by atoms with Crippen LogP contribution in [0.25, 0.3) is 10.8 Å². The van der Waals surface area contributed by atoms with E-state index in [1.54, 1.807) is 6.92 Å². The summed E-state index contributed by atoms with van der Waals surface area (Å²) >= 11 is 0. The standard InChI is InChI=1S/C18H22O/c1-4-6-14-8-9-15-11-16(7-5-2)18(13(3)19)12-17(15)10-14/h8-12H,4-7H2,1-3H3. The predicted octanol–water partition coefficient (Wildman–Crippen LogP) is 4.95. The van der Waals surface area contributed by atoms with Gasteiger partial charge in [0.05, 0.1) is 0 Å². The maximum Gasteiger partial charge on any atom is 0.160 e. The maximum absolute atomic E-state index is 11.8. The van der Waals surface area contributed by atoms with Gasteiger partial charge in [0.2, 0.25) is 0 Å². The fraction of sp³-hybridized carbons (Fsp3) is 0.389. The monoisotopic (exact) mass is 254 g/mol. The van der Waals surface area contributed by atoms with Crippen molar-refractivity contribution in [2.45, 2.75) is 46.5 Å². The van der Waals surface area contributed by atoms with Crippen LogP contribution >= 0.6 is 0 Å². The molecule has 0 spiro atoms. The van der Waals surface area contributed by atoms with E-state index in [0.717, 1.165) is 31.2 Å². The summed E-state index contributed by atoms with van der Waals surface area (Å²) < 4.78 is 0. The Bertz CT molecular complexity index is 596. The first-order valence-electron chi connectivity index (χ1n) is 7.22. The smallest absolute Gasteiger partial charge is 0.160 e. The topological polar surface area (TPSA) is 17.1 Å². The second-order valence-corrected chi connectivity index (χ2v) is 5.25. The van der Waals surface area contributed by atoms with Crippen molar-refractivity contribution in [3.05, 3.63) is 47.0 Å². The minimum absolute atomic E-state index is 0.172. The summed E-state index contributed by atoms with van der Waals surface area (Å²) in [7, 11) is 0. The van der Waals surface area contributed by atoms with Crippen molar-refractivity contribution >= 4 is 16.6 Å². The van der Waals surface area contributed by atoms with Gasteiger partial charge < -0.3 is 0 Å². The lowest BCUT2D eigenvalue weighted by Gasteiger charge is -2.10. The molecule has 1 nitrogen and oxygen atoms in total. The highest BCUT2D eigenvalue weighted by atomic mass is 16.1. The lowest BCUT2D eigenvalue weighted by molar-refractivity contribution is 0.101. The van der Waals surface area contributed by atoms with Gasteiger partial charge in [-0.05, 0) is 47.7 Å². The van der Waals surface area contributed by atoms with Gasteiger partial charge in [0, 0.05) is 5.56 Å². The Kier molecular flexibility index (Phi) is 4.36. The zero-order chi connectivity index (χ0) is 13.8. The number of fused-ring (bicyclic) bond motifs is 1. The summed E-state index contributed by atoms with van der Waals surface area (Å²) in [6.45, 7) is 6.00. The van der Waals surface area contributed by atoms with Gasteiger partial charge >= 0.3 is 0 Å². The third-order valence-electron chi connectivity index (χ3n) is 3.56. The highest BCUT2D eigenvalue weighted by Gasteiger charge is 2.09. The number of ketones is 1. The van der Waals surface area contributed by atoms with Crippen LogP contribution in [0.5, 0.6) is 0 Å². The lowest BCUT2D eigenvalue weighted by atomic mass is 9.94. The summed E-state index contributed by atoms with van der Waals surface area (Å²) in [5, 5.41) is 2.43. The molecule has 0 aliphatic rings. The van der Waals surface area contributed by atoms with E-state index in [0.29, 0.717) is 0 Å². The molecule has 0 heterocycles. The summed E-state index contributed by atoms with van der Waals surface area (Å²) in [4.78, 5) is 11.8. The van der Waals surface area contributed by atoms with Crippen LogP contribution in [0.3, 0.4) is 0 Å². The number of carbonyl (C=O) groups is 1. The van der Waals surface area contributed by atoms with Gasteiger partial charge in [-0.2, -0.15) is 0 Å². The molecule has 0 bridgehead atoms. The van der Waals surface area contributed by atoms with E-state index in [1.165, 1.54) is 21.9 Å². The molecule has 0 aliphatic carbocycles. The van der Waals surface area contributed by atoms with Crippen LogP contribution < -0.4 is 0 Å². The molecule has 0 saturated carbocycles. The van der Waals surface area contributed by atoms with Gasteiger partial charge in [-0.1, -0.05) is 51.0 Å². The normalized spacial score (nSPS) is 10.9. The number of Topliss-reactive ketones (excluding diaryl/α,β-unsaturated/α-hetero) is 1. The SMILES string of the molecule is CCCc1ccc2cc(CCC)c(C(C)=O)cc2c1. The van der Waals surface area contributed by atoms with E-state index in [4.69, 9.17) is 0 Å². The van der Waals surface area contributed by atoms with Crippen molar-refractivity contribution in [1.29, 1.82) is 0 Å². The van der Waals surface area contributed by atoms with Gasteiger partial charge in [-0.15, -0.1) is 0 Å². The zero-order valence-electron chi connectivity index (χ0n) is 12.1. The first kappa shape index (κ1) is 13.8. The molecule has 19 heavy (non-hydrogen) atoms. The Morgan fingerprint density at radius 1 is 0.947 bits per heavy atom. The van der Waals surface area contributed by atoms with Crippen LogP contribution in [-0.2, 0) is 12.8 Å². The van der Waals surface area contributed by atoms with Gasteiger partial charge in [0.1, 0.15) is 0 Å². The minimum atomic E-state index is 0.172. The second kappa shape index (κ2) is 6.01. The van der Waals surface area contributed by atoms with Crippen LogP contribution in [0.4, 0.5) is 0 Å². The highest BCUT2D eigenvalue weighted by Crippen LogP contribution is 2.23. The Balaban J connectivity index is 2.56. The fourth-order valence-electron chi connectivity index (χ4n) is 2.64. The molecule has 0 N–H and O–H groups in total. The molecule has 100 valence electrons. The molecular weight excluding hydrogens is 232 g/mol. The quantitative estimate of drug-likeness (QED) is 0.690. The molecule has 0 atom stereocenters. The van der Waals surface area contributed by atoms with Gasteiger partial charge in [0.15, 0.2) is 5.78 Å². The van der Waals surface area contributed by atoms with Crippen molar-refractivity contribution in [2.24, 2.45) is 0 Å². The van der Waals surface area contributed by atoms with E-state index in [2.05, 4.69) is 44.2 Å². The summed E-state index contributed by atoms with van der Waals surface area (Å²) in [5.74, 6) is 0.172. The van der Waals surface area contributed by atoms with Gasteiger partial charge in [-0.3, -0.25) is 4.79 Å². The number of carbonyl (C=O) groups excluding carboxylic acids is 1. The van der Waals surface area contributed by atoms with Crippen LogP contribution in [0, 0.1) is 0 Å². The fourth-order valence-corrected chi connectivity index (χ4v) is 2.64. The zero-order valence-corrected chi connectivity index (χ0v) is 12.1. The number of rotatable bonds is 5. The van der Waals surface area contributed by atoms with Crippen molar-refractivity contribution < 1.29 is 4.79 Å². The summed E-state index contributed by atoms with van der Waals surface area (Å²) in [6.07, 6.45) is 4.29. The predicted molar refractivity (Wildman–Crippen MR) is 81.9 cm³/mol. The van der Waals surface area contributed by atoms with E-state index < -0.39 is 0 Å². The molecule has 0 radical (unpaired) electrons.